The minimum absolute atomic E-state index is 0.0294. The van der Waals surface area contributed by atoms with Crippen LogP contribution in [0, 0.1) is 6.92 Å². The molecular weight excluding hydrogens is 274 g/mol. The molecule has 0 spiro atoms. The smallest absolute Gasteiger partial charge is 0.272 e. The number of carbonyl (C=O) groups is 1. The maximum absolute atomic E-state index is 12.9. The lowest BCUT2D eigenvalue weighted by atomic mass is 9.76. The average Bonchev–Trinajstić information content (AvgIpc) is 2.86. The molecule has 0 bridgehead atoms. The van der Waals surface area contributed by atoms with Gasteiger partial charge in [0.1, 0.15) is 5.69 Å². The van der Waals surface area contributed by atoms with Crippen LogP contribution in [0.4, 0.5) is 0 Å². The summed E-state index contributed by atoms with van der Waals surface area (Å²) in [5.41, 5.74) is 2.85. The highest BCUT2D eigenvalue weighted by Crippen LogP contribution is 2.34. The molecule has 1 aliphatic rings. The molecule has 1 fully saturated rings. The molecule has 0 aliphatic carbocycles. The van der Waals surface area contributed by atoms with Gasteiger partial charge >= 0.3 is 0 Å². The Labute approximate surface area is 131 Å². The van der Waals surface area contributed by atoms with E-state index in [0.717, 1.165) is 31.6 Å². The molecule has 2 aromatic rings. The van der Waals surface area contributed by atoms with E-state index in [0.29, 0.717) is 5.69 Å². The van der Waals surface area contributed by atoms with Crippen molar-refractivity contribution in [1.29, 1.82) is 0 Å². The summed E-state index contributed by atoms with van der Waals surface area (Å²) >= 11 is 0. The zero-order valence-electron chi connectivity index (χ0n) is 13.5. The minimum Gasteiger partial charge on any atom is -0.336 e. The summed E-state index contributed by atoms with van der Waals surface area (Å²) in [6.45, 7) is 5.75. The first kappa shape index (κ1) is 14.8. The predicted molar refractivity (Wildman–Crippen MR) is 86.9 cm³/mol. The highest BCUT2D eigenvalue weighted by Gasteiger charge is 2.35. The second-order valence-electron chi connectivity index (χ2n) is 6.55. The largest absolute Gasteiger partial charge is 0.336 e. The van der Waals surface area contributed by atoms with Crippen molar-refractivity contribution in [2.45, 2.75) is 32.1 Å². The number of aromatic nitrogens is 2. The number of likely N-dealkylation sites (tertiary alicyclic amines) is 1. The molecule has 4 nitrogen and oxygen atoms in total. The van der Waals surface area contributed by atoms with Gasteiger partial charge in [0.15, 0.2) is 0 Å². The van der Waals surface area contributed by atoms with Crippen LogP contribution in [-0.2, 0) is 12.5 Å². The summed E-state index contributed by atoms with van der Waals surface area (Å²) in [5.74, 6) is 0.0966. The molecule has 1 atom stereocenters. The van der Waals surface area contributed by atoms with Crippen molar-refractivity contribution in [2.75, 3.05) is 13.1 Å². The van der Waals surface area contributed by atoms with Gasteiger partial charge in [-0.05, 0) is 25.3 Å². The number of amides is 1. The summed E-state index contributed by atoms with van der Waals surface area (Å²) in [4.78, 5) is 19.1. The van der Waals surface area contributed by atoms with Gasteiger partial charge in [0, 0.05) is 25.6 Å². The number of imidazole rings is 1. The number of hydrogen-bond donors (Lipinski definition) is 0. The van der Waals surface area contributed by atoms with Crippen molar-refractivity contribution in [3.8, 4) is 0 Å². The summed E-state index contributed by atoms with van der Waals surface area (Å²) in [6.07, 6.45) is 3.86. The zero-order valence-corrected chi connectivity index (χ0v) is 13.5. The standard InChI is InChI=1S/C18H23N3O/c1-14-16(20(3)13-19-14)17(22)21-11-7-10-18(2,12-21)15-8-5-4-6-9-15/h4-6,8-9,13H,7,10-12H2,1-3H3/t18-/m0/s1. The summed E-state index contributed by atoms with van der Waals surface area (Å²) in [6, 6.07) is 10.5. The molecule has 0 radical (unpaired) electrons. The molecule has 116 valence electrons. The van der Waals surface area contributed by atoms with E-state index in [2.05, 4.69) is 36.2 Å². The molecule has 2 heterocycles. The predicted octanol–water partition coefficient (Wildman–Crippen LogP) is 2.92. The Hall–Kier alpha value is -2.10. The first-order chi connectivity index (χ1) is 10.5. The van der Waals surface area contributed by atoms with Gasteiger partial charge in [-0.1, -0.05) is 37.3 Å². The van der Waals surface area contributed by atoms with Crippen molar-refractivity contribution in [3.63, 3.8) is 0 Å². The highest BCUT2D eigenvalue weighted by atomic mass is 16.2. The number of rotatable bonds is 2. The van der Waals surface area contributed by atoms with Gasteiger partial charge in [-0.25, -0.2) is 4.98 Å². The summed E-state index contributed by atoms with van der Waals surface area (Å²) < 4.78 is 1.83. The Bertz CT molecular complexity index is 657. The number of carbonyl (C=O) groups excluding carboxylic acids is 1. The molecule has 0 N–H and O–H groups in total. The number of piperidine rings is 1. The lowest BCUT2D eigenvalue weighted by Gasteiger charge is -2.41. The number of nitrogens with zero attached hydrogens (tertiary/aromatic N) is 3. The first-order valence-corrected chi connectivity index (χ1v) is 7.84. The highest BCUT2D eigenvalue weighted by molar-refractivity contribution is 5.93. The molecular formula is C18H23N3O. The topological polar surface area (TPSA) is 38.1 Å². The minimum atomic E-state index is 0.0294. The Morgan fingerprint density at radius 3 is 2.64 bits per heavy atom. The van der Waals surface area contributed by atoms with Gasteiger partial charge in [0.2, 0.25) is 0 Å². The molecule has 0 saturated carbocycles. The van der Waals surface area contributed by atoms with Crippen LogP contribution in [0.15, 0.2) is 36.7 Å². The van der Waals surface area contributed by atoms with E-state index in [4.69, 9.17) is 0 Å². The molecule has 1 saturated heterocycles. The Morgan fingerprint density at radius 2 is 2.00 bits per heavy atom. The van der Waals surface area contributed by atoms with Gasteiger partial charge in [0.05, 0.1) is 12.0 Å². The number of aryl methyl sites for hydroxylation is 2. The molecule has 22 heavy (non-hydrogen) atoms. The third-order valence-corrected chi connectivity index (χ3v) is 4.78. The second kappa shape index (κ2) is 5.59. The molecule has 1 aromatic carbocycles. The Morgan fingerprint density at radius 1 is 1.27 bits per heavy atom. The summed E-state index contributed by atoms with van der Waals surface area (Å²) in [5, 5.41) is 0. The van der Waals surface area contributed by atoms with Crippen LogP contribution in [0.5, 0.6) is 0 Å². The quantitative estimate of drug-likeness (QED) is 0.855. The number of hydrogen-bond acceptors (Lipinski definition) is 2. The maximum atomic E-state index is 12.9. The van der Waals surface area contributed by atoms with Crippen molar-refractivity contribution in [3.05, 3.63) is 53.6 Å². The third kappa shape index (κ3) is 2.54. The van der Waals surface area contributed by atoms with E-state index < -0.39 is 0 Å². The van der Waals surface area contributed by atoms with E-state index in [1.165, 1.54) is 5.56 Å². The van der Waals surface area contributed by atoms with E-state index in [9.17, 15) is 4.79 Å². The lowest BCUT2D eigenvalue weighted by molar-refractivity contribution is 0.0640. The fraction of sp³-hybridized carbons (Fsp3) is 0.444. The molecule has 3 rings (SSSR count). The van der Waals surface area contributed by atoms with Gasteiger partial charge < -0.3 is 9.47 Å². The lowest BCUT2D eigenvalue weighted by Crippen LogP contribution is -2.47. The van der Waals surface area contributed by atoms with Crippen molar-refractivity contribution in [2.24, 2.45) is 7.05 Å². The molecule has 1 aliphatic heterocycles. The van der Waals surface area contributed by atoms with E-state index >= 15 is 0 Å². The van der Waals surface area contributed by atoms with Crippen LogP contribution < -0.4 is 0 Å². The normalized spacial score (nSPS) is 21.9. The third-order valence-electron chi connectivity index (χ3n) is 4.78. The van der Waals surface area contributed by atoms with E-state index in [1.807, 2.05) is 29.5 Å². The van der Waals surface area contributed by atoms with Gasteiger partial charge in [-0.2, -0.15) is 0 Å². The van der Waals surface area contributed by atoms with E-state index in [-0.39, 0.29) is 11.3 Å². The molecule has 4 heteroatoms. The van der Waals surface area contributed by atoms with Crippen LogP contribution in [-0.4, -0.2) is 33.4 Å². The van der Waals surface area contributed by atoms with Gasteiger partial charge in [-0.3, -0.25) is 4.79 Å². The van der Waals surface area contributed by atoms with E-state index in [1.54, 1.807) is 6.33 Å². The average molecular weight is 297 g/mol. The van der Waals surface area contributed by atoms with Crippen LogP contribution in [0.1, 0.15) is 41.5 Å². The monoisotopic (exact) mass is 297 g/mol. The fourth-order valence-electron chi connectivity index (χ4n) is 3.49. The fourth-order valence-corrected chi connectivity index (χ4v) is 3.49. The van der Waals surface area contributed by atoms with Crippen molar-refractivity contribution < 1.29 is 4.79 Å². The number of benzene rings is 1. The zero-order chi connectivity index (χ0) is 15.7. The van der Waals surface area contributed by atoms with Gasteiger partial charge in [-0.15, -0.1) is 0 Å². The second-order valence-corrected chi connectivity index (χ2v) is 6.55. The van der Waals surface area contributed by atoms with Crippen LogP contribution >= 0.6 is 0 Å². The van der Waals surface area contributed by atoms with Crippen molar-refractivity contribution in [1.82, 2.24) is 14.5 Å². The summed E-state index contributed by atoms with van der Waals surface area (Å²) in [7, 11) is 1.88. The van der Waals surface area contributed by atoms with Crippen molar-refractivity contribution >= 4 is 5.91 Å². The first-order valence-electron chi connectivity index (χ1n) is 7.84. The van der Waals surface area contributed by atoms with Crippen LogP contribution in [0.3, 0.4) is 0 Å². The van der Waals surface area contributed by atoms with Crippen LogP contribution in [0.2, 0.25) is 0 Å². The Balaban J connectivity index is 1.86. The molecule has 1 amide bonds. The Kier molecular flexibility index (Phi) is 3.77. The van der Waals surface area contributed by atoms with Crippen LogP contribution in [0.25, 0.3) is 0 Å². The van der Waals surface area contributed by atoms with Gasteiger partial charge in [0.25, 0.3) is 5.91 Å². The maximum Gasteiger partial charge on any atom is 0.272 e. The molecule has 0 unspecified atom stereocenters. The molecule has 1 aromatic heterocycles. The SMILES string of the molecule is Cc1ncn(C)c1C(=O)N1CCC[C@](C)(c2ccccc2)C1.